The van der Waals surface area contributed by atoms with E-state index in [4.69, 9.17) is 11.5 Å². The topological polar surface area (TPSA) is 246 Å². The molecule has 3 heterocycles. The second-order valence-electron chi connectivity index (χ2n) is 10.4. The molecule has 1 aromatic carbocycles. The van der Waals surface area contributed by atoms with Gasteiger partial charge in [0.2, 0.25) is 29.5 Å². The number of nitrogens with zero attached hydrogens (tertiary/aromatic N) is 2. The first kappa shape index (κ1) is 29.6. The lowest BCUT2D eigenvalue weighted by Crippen LogP contribution is -2.57. The molecular weight excluding hydrogens is 534 g/mol. The molecule has 15 nitrogen and oxygen atoms in total. The fourth-order valence-corrected chi connectivity index (χ4v) is 5.00. The van der Waals surface area contributed by atoms with Crippen LogP contribution in [0.4, 0.5) is 0 Å². The van der Waals surface area contributed by atoms with Crippen molar-refractivity contribution < 1.29 is 29.1 Å². The predicted octanol–water partition coefficient (Wildman–Crippen LogP) is -1.79. The van der Waals surface area contributed by atoms with Crippen LogP contribution in [0.25, 0.3) is 10.9 Å². The summed E-state index contributed by atoms with van der Waals surface area (Å²) in [6, 6.07) is 3.92. The van der Waals surface area contributed by atoms with E-state index >= 15 is 0 Å². The molecule has 5 amide bonds. The number of nitrogens with two attached hydrogens (primary N) is 2. The molecule has 1 fully saturated rings. The third-order valence-corrected chi connectivity index (χ3v) is 7.33. The number of para-hydroxylation sites is 1. The van der Waals surface area contributed by atoms with Gasteiger partial charge in [-0.2, -0.15) is 10.2 Å². The number of aromatic amines is 1. The van der Waals surface area contributed by atoms with Crippen LogP contribution in [-0.2, 0) is 30.4 Å². The lowest BCUT2D eigenvalue weighted by Gasteiger charge is -2.39. The Kier molecular flexibility index (Phi) is 9.29. The van der Waals surface area contributed by atoms with Crippen LogP contribution in [0.3, 0.4) is 0 Å². The van der Waals surface area contributed by atoms with Gasteiger partial charge in [-0.15, -0.1) is 0 Å². The highest BCUT2D eigenvalue weighted by atomic mass is 16.3. The number of azo groups is 1. The molecule has 1 aliphatic carbocycles. The quantitative estimate of drug-likeness (QED) is 0.137. The van der Waals surface area contributed by atoms with Crippen LogP contribution in [-0.4, -0.2) is 82.6 Å². The summed E-state index contributed by atoms with van der Waals surface area (Å²) < 4.78 is 0. The predicted molar refractivity (Wildman–Crippen MR) is 146 cm³/mol. The van der Waals surface area contributed by atoms with Gasteiger partial charge in [-0.05, 0) is 43.7 Å². The minimum absolute atomic E-state index is 0.174. The minimum atomic E-state index is -1.47. The highest BCUT2D eigenvalue weighted by Crippen LogP contribution is 2.36. The molecule has 0 radical (unpaired) electrons. The van der Waals surface area contributed by atoms with Crippen molar-refractivity contribution in [2.45, 2.75) is 68.4 Å². The SMILES string of the molecule is NC(=O)[C@H](CC(=O)NC12CCC(CC1)N=N2)NC(=O)[C@H](CO)NC(=O)CNC(=O)[C@@H](N)Cc1c[nH]c2ccccc12. The zero-order valence-electron chi connectivity index (χ0n) is 22.4. The summed E-state index contributed by atoms with van der Waals surface area (Å²) in [6.45, 7) is -1.32. The van der Waals surface area contributed by atoms with Crippen molar-refractivity contribution in [1.29, 1.82) is 0 Å². The van der Waals surface area contributed by atoms with E-state index in [-0.39, 0.29) is 12.5 Å². The summed E-state index contributed by atoms with van der Waals surface area (Å²) in [7, 11) is 0. The summed E-state index contributed by atoms with van der Waals surface area (Å²) in [5, 5.41) is 28.7. The normalized spacial score (nSPS) is 21.5. The van der Waals surface area contributed by atoms with Gasteiger partial charge < -0.3 is 42.8 Å². The molecule has 2 aromatic rings. The van der Waals surface area contributed by atoms with E-state index in [9.17, 15) is 29.1 Å². The third-order valence-electron chi connectivity index (χ3n) is 7.33. The second-order valence-corrected chi connectivity index (χ2v) is 10.4. The highest BCUT2D eigenvalue weighted by molar-refractivity contribution is 5.95. The number of fused-ring (bicyclic) bond motifs is 3. The molecule has 3 atom stereocenters. The summed E-state index contributed by atoms with van der Waals surface area (Å²) in [5.74, 6) is -3.82. The number of aliphatic hydroxyl groups excluding tert-OH is 1. The Morgan fingerprint density at radius 2 is 1.78 bits per heavy atom. The van der Waals surface area contributed by atoms with E-state index in [0.717, 1.165) is 29.3 Å². The van der Waals surface area contributed by atoms with Crippen molar-refractivity contribution in [3.8, 4) is 0 Å². The van der Waals surface area contributed by atoms with Gasteiger partial charge in [-0.3, -0.25) is 24.0 Å². The zero-order valence-corrected chi connectivity index (χ0v) is 22.4. The molecule has 0 unspecified atom stereocenters. The molecule has 2 bridgehead atoms. The van der Waals surface area contributed by atoms with Gasteiger partial charge in [-0.1, -0.05) is 18.2 Å². The fourth-order valence-electron chi connectivity index (χ4n) is 5.00. The van der Waals surface area contributed by atoms with E-state index in [0.29, 0.717) is 12.8 Å². The first-order valence-electron chi connectivity index (χ1n) is 13.4. The van der Waals surface area contributed by atoms with Crippen LogP contribution in [0.2, 0.25) is 0 Å². The number of nitrogens with one attached hydrogen (secondary N) is 5. The summed E-state index contributed by atoms with van der Waals surface area (Å²) >= 11 is 0. The largest absolute Gasteiger partial charge is 0.394 e. The molecule has 10 N–H and O–H groups in total. The van der Waals surface area contributed by atoms with Crippen LogP contribution in [0.1, 0.15) is 37.7 Å². The Labute approximate surface area is 235 Å². The van der Waals surface area contributed by atoms with Crippen molar-refractivity contribution in [2.75, 3.05) is 13.2 Å². The Balaban J connectivity index is 1.23. The molecule has 3 aliphatic rings. The fraction of sp³-hybridized carbons (Fsp3) is 0.500. The smallest absolute Gasteiger partial charge is 0.245 e. The molecule has 0 spiro atoms. The van der Waals surface area contributed by atoms with Crippen LogP contribution in [0.15, 0.2) is 40.7 Å². The average Bonchev–Trinajstić information content (AvgIpc) is 3.37. The van der Waals surface area contributed by atoms with E-state index in [2.05, 4.69) is 36.5 Å². The van der Waals surface area contributed by atoms with Crippen molar-refractivity contribution >= 4 is 40.4 Å². The number of primary amides is 1. The average molecular weight is 570 g/mol. The van der Waals surface area contributed by atoms with Gasteiger partial charge in [0.1, 0.15) is 12.1 Å². The molecular formula is C26H35N9O6. The van der Waals surface area contributed by atoms with Crippen molar-refractivity contribution in [3.05, 3.63) is 36.0 Å². The van der Waals surface area contributed by atoms with Gasteiger partial charge in [0, 0.05) is 17.1 Å². The van der Waals surface area contributed by atoms with E-state index in [1.807, 2.05) is 24.3 Å². The van der Waals surface area contributed by atoms with Crippen LogP contribution >= 0.6 is 0 Å². The van der Waals surface area contributed by atoms with Gasteiger partial charge in [0.25, 0.3) is 0 Å². The number of H-pyrrole nitrogens is 1. The Bertz CT molecular complexity index is 1330. The lowest BCUT2D eigenvalue weighted by molar-refractivity contribution is -0.134. The maximum absolute atomic E-state index is 12.7. The number of carbonyl (C=O) groups excluding carboxylic acids is 5. The molecule has 5 rings (SSSR count). The summed E-state index contributed by atoms with van der Waals surface area (Å²) in [6.07, 6.45) is 4.39. The van der Waals surface area contributed by atoms with Crippen LogP contribution in [0, 0.1) is 0 Å². The first-order valence-corrected chi connectivity index (χ1v) is 13.4. The number of aliphatic hydroxyl groups is 1. The van der Waals surface area contributed by atoms with Crippen molar-refractivity contribution in [3.63, 3.8) is 0 Å². The minimum Gasteiger partial charge on any atom is -0.394 e. The molecule has 220 valence electrons. The number of hydrogen-bond donors (Lipinski definition) is 8. The molecule has 41 heavy (non-hydrogen) atoms. The molecule has 0 saturated heterocycles. The number of hydrogen-bond acceptors (Lipinski definition) is 9. The number of carbonyl (C=O) groups is 5. The molecule has 15 heteroatoms. The van der Waals surface area contributed by atoms with Gasteiger partial charge in [-0.25, -0.2) is 0 Å². The van der Waals surface area contributed by atoms with E-state index < -0.39 is 72.9 Å². The van der Waals surface area contributed by atoms with Crippen molar-refractivity contribution in [1.82, 2.24) is 26.3 Å². The van der Waals surface area contributed by atoms with Gasteiger partial charge in [0.05, 0.1) is 31.7 Å². The maximum Gasteiger partial charge on any atom is 0.245 e. The van der Waals surface area contributed by atoms with Crippen LogP contribution < -0.4 is 32.7 Å². The molecule has 1 aromatic heterocycles. The maximum atomic E-state index is 12.7. The summed E-state index contributed by atoms with van der Waals surface area (Å²) in [5.41, 5.74) is 12.3. The van der Waals surface area contributed by atoms with Gasteiger partial charge >= 0.3 is 0 Å². The Morgan fingerprint density at radius 1 is 1.05 bits per heavy atom. The molecule has 2 aliphatic heterocycles. The first-order chi connectivity index (χ1) is 19.6. The van der Waals surface area contributed by atoms with E-state index in [1.165, 1.54) is 0 Å². The summed E-state index contributed by atoms with van der Waals surface area (Å²) in [4.78, 5) is 65.2. The number of aromatic nitrogens is 1. The lowest BCUT2D eigenvalue weighted by atomic mass is 9.85. The van der Waals surface area contributed by atoms with Crippen LogP contribution in [0.5, 0.6) is 0 Å². The number of rotatable bonds is 13. The van der Waals surface area contributed by atoms with E-state index in [1.54, 1.807) is 6.20 Å². The molecule has 1 saturated carbocycles. The third kappa shape index (κ3) is 7.43. The number of benzene rings is 1. The van der Waals surface area contributed by atoms with Gasteiger partial charge in [0.15, 0.2) is 5.66 Å². The monoisotopic (exact) mass is 569 g/mol. The highest BCUT2D eigenvalue weighted by Gasteiger charge is 2.41. The Hall–Kier alpha value is -4.37. The standard InChI is InChI=1S/C26H35N9O6/c27-17(9-14-11-29-18-4-2-1-3-16(14)18)24(40)30-12-22(38)31-20(13-36)25(41)32-19(23(28)39)10-21(37)33-26-7-5-15(6-8-26)34-35-26/h1-4,11,15,17,19-20,29,36H,5-10,12-13,27H2,(H2,28,39)(H,30,40)(H,31,38)(H,32,41)(H,33,37)/t15?,17-,19-,20-,26?/m0/s1. The van der Waals surface area contributed by atoms with Crippen molar-refractivity contribution in [2.24, 2.45) is 21.7 Å². The number of amides is 5. The zero-order chi connectivity index (χ0) is 29.6. The second kappa shape index (κ2) is 12.9. The Morgan fingerprint density at radius 3 is 2.44 bits per heavy atom.